The molecule has 21 heavy (non-hydrogen) atoms. The number of carbonyl (C=O) groups excluding carboxylic acids is 1. The van der Waals surface area contributed by atoms with Gasteiger partial charge >= 0.3 is 5.97 Å². The van der Waals surface area contributed by atoms with Crippen LogP contribution in [0.1, 0.15) is 27.2 Å². The lowest BCUT2D eigenvalue weighted by atomic mass is 10.0. The van der Waals surface area contributed by atoms with E-state index in [1.165, 1.54) is 19.2 Å². The molecule has 0 saturated heterocycles. The molecule has 0 spiro atoms. The summed E-state index contributed by atoms with van der Waals surface area (Å²) in [6.45, 7) is 1.72. The van der Waals surface area contributed by atoms with Crippen molar-refractivity contribution >= 4 is 23.5 Å². The largest absolute Gasteiger partial charge is 0.465 e. The van der Waals surface area contributed by atoms with E-state index in [1.54, 1.807) is 6.92 Å². The molecule has 0 atom stereocenters. The van der Waals surface area contributed by atoms with Crippen LogP contribution in [0.4, 0.5) is 10.3 Å². The van der Waals surface area contributed by atoms with Gasteiger partial charge in [0.25, 0.3) is 0 Å². The van der Waals surface area contributed by atoms with Gasteiger partial charge in [0.05, 0.1) is 12.7 Å². The first-order valence-electron chi connectivity index (χ1n) is 6.07. The molecule has 2 rings (SSSR count). The summed E-state index contributed by atoms with van der Waals surface area (Å²) in [5.74, 6) is -1.04. The molecule has 0 radical (unpaired) electrons. The van der Waals surface area contributed by atoms with Crippen LogP contribution >= 0.6 is 11.6 Å². The highest BCUT2D eigenvalue weighted by Gasteiger charge is 2.14. The summed E-state index contributed by atoms with van der Waals surface area (Å²) in [5.41, 5.74) is 7.19. The number of esters is 1. The van der Waals surface area contributed by atoms with E-state index in [0.717, 1.165) is 6.07 Å². The highest BCUT2D eigenvalue weighted by atomic mass is 35.5. The first-order chi connectivity index (χ1) is 9.92. The molecule has 5 nitrogen and oxygen atoms in total. The van der Waals surface area contributed by atoms with Crippen LogP contribution in [0.2, 0.25) is 5.15 Å². The molecule has 0 aliphatic heterocycles. The first kappa shape index (κ1) is 15.2. The summed E-state index contributed by atoms with van der Waals surface area (Å²) in [6.07, 6.45) is 0.207. The monoisotopic (exact) mass is 309 g/mol. The number of anilines is 1. The quantitative estimate of drug-likeness (QED) is 0.696. The molecule has 1 aromatic carbocycles. The van der Waals surface area contributed by atoms with E-state index in [2.05, 4.69) is 14.7 Å². The van der Waals surface area contributed by atoms with Crippen LogP contribution < -0.4 is 5.73 Å². The van der Waals surface area contributed by atoms with Crippen molar-refractivity contribution in [1.82, 2.24) is 9.97 Å². The Morgan fingerprint density at radius 1 is 1.43 bits per heavy atom. The topological polar surface area (TPSA) is 78.1 Å². The zero-order chi connectivity index (χ0) is 15.6. The number of rotatable bonds is 3. The third-order valence-corrected chi connectivity index (χ3v) is 3.33. The number of methoxy groups -OCH3 is 1. The number of hydrogen-bond donors (Lipinski definition) is 1. The van der Waals surface area contributed by atoms with Gasteiger partial charge in [-0.25, -0.2) is 19.2 Å². The van der Waals surface area contributed by atoms with Crippen LogP contribution in [-0.4, -0.2) is 23.0 Å². The van der Waals surface area contributed by atoms with Crippen molar-refractivity contribution in [2.75, 3.05) is 12.8 Å². The van der Waals surface area contributed by atoms with Crippen LogP contribution in [0.25, 0.3) is 0 Å². The fourth-order valence-electron chi connectivity index (χ4n) is 1.91. The second-order valence-corrected chi connectivity index (χ2v) is 4.77. The third-order valence-electron chi connectivity index (χ3n) is 3.02. The smallest absolute Gasteiger partial charge is 0.337 e. The van der Waals surface area contributed by atoms with Gasteiger partial charge in [-0.15, -0.1) is 0 Å². The molecule has 0 fully saturated rings. The third kappa shape index (κ3) is 3.28. The number of ether oxygens (including phenoxy) is 1. The Kier molecular flexibility index (Phi) is 4.37. The van der Waals surface area contributed by atoms with E-state index >= 15 is 0 Å². The predicted molar refractivity (Wildman–Crippen MR) is 76.7 cm³/mol. The number of aryl methyl sites for hydroxylation is 1. The van der Waals surface area contributed by atoms with E-state index in [0.29, 0.717) is 16.8 Å². The number of halogens is 2. The van der Waals surface area contributed by atoms with Crippen LogP contribution in [0.15, 0.2) is 18.2 Å². The molecular weight excluding hydrogens is 297 g/mol. The molecule has 0 unspecified atom stereocenters. The molecule has 2 N–H and O–H groups in total. The Morgan fingerprint density at radius 2 is 2.14 bits per heavy atom. The van der Waals surface area contributed by atoms with Gasteiger partial charge in [-0.1, -0.05) is 17.7 Å². The van der Waals surface area contributed by atoms with Crippen LogP contribution in [0, 0.1) is 12.7 Å². The fourth-order valence-corrected chi connectivity index (χ4v) is 2.20. The minimum atomic E-state index is -0.592. The van der Waals surface area contributed by atoms with Gasteiger partial charge < -0.3 is 10.5 Å². The number of nitrogens with two attached hydrogens (primary N) is 1. The van der Waals surface area contributed by atoms with Gasteiger partial charge in [-0.2, -0.15) is 0 Å². The van der Waals surface area contributed by atoms with Gasteiger partial charge in [-0.3, -0.25) is 0 Å². The second kappa shape index (κ2) is 6.05. The standard InChI is InChI=1S/C14H13ClFN3O2/c1-7-10(12(15)19-14(17)18-7)5-8-3-4-9(6-11(8)16)13(20)21-2/h3-4,6H,5H2,1-2H3,(H2,17,18,19). The van der Waals surface area contributed by atoms with Crippen molar-refractivity contribution in [3.63, 3.8) is 0 Å². The van der Waals surface area contributed by atoms with E-state index in [9.17, 15) is 9.18 Å². The second-order valence-electron chi connectivity index (χ2n) is 4.41. The summed E-state index contributed by atoms with van der Waals surface area (Å²) < 4.78 is 18.6. The van der Waals surface area contributed by atoms with E-state index in [4.69, 9.17) is 17.3 Å². The zero-order valence-electron chi connectivity index (χ0n) is 11.5. The Balaban J connectivity index is 2.35. The average Bonchev–Trinajstić information content (AvgIpc) is 2.43. The minimum absolute atomic E-state index is 0.0720. The highest BCUT2D eigenvalue weighted by Crippen LogP contribution is 2.23. The Bertz CT molecular complexity index is 684. The predicted octanol–water partition coefficient (Wildman–Crippen LogP) is 2.54. The summed E-state index contributed by atoms with van der Waals surface area (Å²) in [4.78, 5) is 19.2. The minimum Gasteiger partial charge on any atom is -0.465 e. The SMILES string of the molecule is COC(=O)c1ccc(Cc2c(C)nc(N)nc2Cl)c(F)c1. The number of aromatic nitrogens is 2. The summed E-state index contributed by atoms with van der Waals surface area (Å²) in [7, 11) is 1.24. The van der Waals surface area contributed by atoms with Crippen LogP contribution in [0.3, 0.4) is 0 Å². The van der Waals surface area contributed by atoms with Crippen molar-refractivity contribution in [2.24, 2.45) is 0 Å². The molecule has 0 saturated carbocycles. The molecular formula is C14H13ClFN3O2. The number of nitrogen functional groups attached to an aromatic ring is 1. The maximum atomic E-state index is 14.1. The highest BCUT2D eigenvalue weighted by molar-refractivity contribution is 6.30. The Labute approximate surface area is 125 Å². The average molecular weight is 310 g/mol. The fraction of sp³-hybridized carbons (Fsp3) is 0.214. The van der Waals surface area contributed by atoms with Crippen molar-refractivity contribution in [2.45, 2.75) is 13.3 Å². The van der Waals surface area contributed by atoms with Gasteiger partial charge in [0.1, 0.15) is 11.0 Å². The lowest BCUT2D eigenvalue weighted by Gasteiger charge is -2.09. The molecule has 1 heterocycles. The van der Waals surface area contributed by atoms with Gasteiger partial charge in [-0.05, 0) is 24.6 Å². The Morgan fingerprint density at radius 3 is 2.71 bits per heavy atom. The van der Waals surface area contributed by atoms with Gasteiger partial charge in [0, 0.05) is 17.7 Å². The molecule has 0 aliphatic rings. The molecule has 0 aliphatic carbocycles. The summed E-state index contributed by atoms with van der Waals surface area (Å²) >= 11 is 6.01. The van der Waals surface area contributed by atoms with Crippen LogP contribution in [-0.2, 0) is 11.2 Å². The van der Waals surface area contributed by atoms with E-state index < -0.39 is 11.8 Å². The first-order valence-corrected chi connectivity index (χ1v) is 6.45. The van der Waals surface area contributed by atoms with Crippen LogP contribution in [0.5, 0.6) is 0 Å². The van der Waals surface area contributed by atoms with Crippen molar-refractivity contribution in [3.8, 4) is 0 Å². The molecule has 2 aromatic rings. The van der Waals surface area contributed by atoms with Crippen molar-refractivity contribution in [1.29, 1.82) is 0 Å². The number of carbonyl (C=O) groups is 1. The number of nitrogens with zero attached hydrogens (tertiary/aromatic N) is 2. The maximum absolute atomic E-state index is 14.1. The maximum Gasteiger partial charge on any atom is 0.337 e. The summed E-state index contributed by atoms with van der Waals surface area (Å²) in [6, 6.07) is 4.13. The molecule has 0 amide bonds. The molecule has 7 heteroatoms. The molecule has 110 valence electrons. The zero-order valence-corrected chi connectivity index (χ0v) is 12.2. The number of benzene rings is 1. The molecule has 1 aromatic heterocycles. The normalized spacial score (nSPS) is 10.5. The van der Waals surface area contributed by atoms with Crippen molar-refractivity contribution < 1.29 is 13.9 Å². The Hall–Kier alpha value is -2.21. The summed E-state index contributed by atoms with van der Waals surface area (Å²) in [5, 5.41) is 0.191. The number of hydrogen-bond acceptors (Lipinski definition) is 5. The van der Waals surface area contributed by atoms with Gasteiger partial charge in [0.2, 0.25) is 5.95 Å². The lowest BCUT2D eigenvalue weighted by Crippen LogP contribution is -2.06. The lowest BCUT2D eigenvalue weighted by molar-refractivity contribution is 0.0600. The van der Waals surface area contributed by atoms with E-state index in [-0.39, 0.29) is 23.1 Å². The molecule has 0 bridgehead atoms. The van der Waals surface area contributed by atoms with Crippen molar-refractivity contribution in [3.05, 3.63) is 51.6 Å². The van der Waals surface area contributed by atoms with E-state index in [1.807, 2.05) is 0 Å². The van der Waals surface area contributed by atoms with Gasteiger partial charge in [0.15, 0.2) is 0 Å².